The van der Waals surface area contributed by atoms with Gasteiger partial charge in [-0.3, -0.25) is 14.4 Å². The van der Waals surface area contributed by atoms with E-state index in [4.69, 9.17) is 9.47 Å². The van der Waals surface area contributed by atoms with Gasteiger partial charge >= 0.3 is 0 Å². The van der Waals surface area contributed by atoms with Gasteiger partial charge in [0.25, 0.3) is 11.8 Å². The lowest BCUT2D eigenvalue weighted by atomic mass is 10.2. The molecule has 0 N–H and O–H groups in total. The number of rotatable bonds is 5. The van der Waals surface area contributed by atoms with E-state index in [1.54, 1.807) is 21.8 Å². The normalized spacial score (nSPS) is 16.1. The van der Waals surface area contributed by atoms with Gasteiger partial charge < -0.3 is 9.47 Å². The van der Waals surface area contributed by atoms with Crippen LogP contribution in [0.3, 0.4) is 0 Å². The van der Waals surface area contributed by atoms with Gasteiger partial charge in [0.05, 0.1) is 19.7 Å². The molecule has 2 aromatic heterocycles. The summed E-state index contributed by atoms with van der Waals surface area (Å²) in [6, 6.07) is 11.1. The Morgan fingerprint density at radius 3 is 2.74 bits per heavy atom. The van der Waals surface area contributed by atoms with Crippen molar-refractivity contribution in [3.05, 3.63) is 60.2 Å². The number of fused-ring (bicyclic) bond motifs is 1. The van der Waals surface area contributed by atoms with E-state index in [9.17, 15) is 4.79 Å². The van der Waals surface area contributed by atoms with Crippen LogP contribution in [-0.4, -0.2) is 38.8 Å². The molecule has 1 atom stereocenters. The Hall–Kier alpha value is -3.42. The molecule has 0 saturated carbocycles. The molecule has 8 heteroatoms. The first-order valence-corrected chi connectivity index (χ1v) is 8.60. The van der Waals surface area contributed by atoms with Gasteiger partial charge in [0.1, 0.15) is 23.7 Å². The van der Waals surface area contributed by atoms with Crippen LogP contribution < -0.4 is 14.4 Å². The molecule has 3 aromatic rings. The minimum atomic E-state index is -0.189. The topological polar surface area (TPSA) is 82.4 Å². The third kappa shape index (κ3) is 3.21. The Morgan fingerprint density at radius 2 is 1.96 bits per heavy atom. The van der Waals surface area contributed by atoms with Crippen LogP contribution in [0.15, 0.2) is 48.8 Å². The summed E-state index contributed by atoms with van der Waals surface area (Å²) < 4.78 is 12.7. The first-order chi connectivity index (χ1) is 13.2. The van der Waals surface area contributed by atoms with Crippen LogP contribution in [0.1, 0.15) is 23.1 Å². The number of aromatic nitrogens is 4. The maximum atomic E-state index is 13.1. The van der Waals surface area contributed by atoms with E-state index in [0.717, 1.165) is 5.75 Å². The molecule has 0 radical (unpaired) electrons. The van der Waals surface area contributed by atoms with Crippen LogP contribution in [0.25, 0.3) is 0 Å². The van der Waals surface area contributed by atoms with Gasteiger partial charge in [-0.25, -0.2) is 9.97 Å². The number of carbonyl (C=O) groups excluding carboxylic acids is 1. The summed E-state index contributed by atoms with van der Waals surface area (Å²) in [6.07, 6.45) is 3.08. The largest absolute Gasteiger partial charge is 0.487 e. The van der Waals surface area contributed by atoms with Crippen molar-refractivity contribution >= 4 is 11.7 Å². The molecule has 0 fully saturated rings. The van der Waals surface area contributed by atoms with Crippen molar-refractivity contribution in [3.63, 3.8) is 0 Å². The third-order valence-corrected chi connectivity index (χ3v) is 4.34. The zero-order valence-corrected chi connectivity index (χ0v) is 15.1. The summed E-state index contributed by atoms with van der Waals surface area (Å²) in [5, 5.41) is 4.51. The number of methoxy groups -OCH3 is 1. The lowest BCUT2D eigenvalue weighted by Crippen LogP contribution is -2.47. The molecule has 4 rings (SSSR count). The summed E-state index contributed by atoms with van der Waals surface area (Å²) in [5.74, 6) is 1.30. The minimum Gasteiger partial charge on any atom is -0.487 e. The van der Waals surface area contributed by atoms with E-state index in [-0.39, 0.29) is 11.9 Å². The lowest BCUT2D eigenvalue weighted by Gasteiger charge is -2.32. The number of hydrogen-bond donors (Lipinski definition) is 0. The predicted octanol–water partition coefficient (Wildman–Crippen LogP) is 2.31. The molecule has 0 aliphatic carbocycles. The van der Waals surface area contributed by atoms with E-state index in [0.29, 0.717) is 36.2 Å². The molecule has 27 heavy (non-hydrogen) atoms. The van der Waals surface area contributed by atoms with E-state index < -0.39 is 0 Å². The van der Waals surface area contributed by atoms with Crippen LogP contribution in [0.2, 0.25) is 0 Å². The highest BCUT2D eigenvalue weighted by molar-refractivity contribution is 6.06. The number of benzene rings is 1. The third-order valence-electron chi connectivity index (χ3n) is 4.34. The first kappa shape index (κ1) is 17.0. The van der Waals surface area contributed by atoms with Crippen LogP contribution in [-0.2, 0) is 13.2 Å². The molecule has 1 aliphatic rings. The average molecular weight is 365 g/mol. The molecule has 0 unspecified atom stereocenters. The summed E-state index contributed by atoms with van der Waals surface area (Å²) in [4.78, 5) is 23.1. The van der Waals surface area contributed by atoms with E-state index >= 15 is 0 Å². The van der Waals surface area contributed by atoms with Crippen molar-refractivity contribution in [1.29, 1.82) is 0 Å². The van der Waals surface area contributed by atoms with Gasteiger partial charge in [-0.05, 0) is 25.1 Å². The molecule has 0 bridgehead atoms. The maximum absolute atomic E-state index is 13.1. The number of ether oxygens (including phenoxy) is 2. The van der Waals surface area contributed by atoms with Crippen molar-refractivity contribution in [3.8, 4) is 11.6 Å². The molecule has 138 valence electrons. The van der Waals surface area contributed by atoms with Crippen LogP contribution in [0.5, 0.6) is 11.6 Å². The SMILES string of the molecule is COc1nccnc1N1C(=O)c2cc(COc3ccccc3)nn2C[C@H]1C. The van der Waals surface area contributed by atoms with Gasteiger partial charge in [-0.1, -0.05) is 18.2 Å². The second kappa shape index (κ2) is 7.06. The second-order valence-electron chi connectivity index (χ2n) is 6.22. The zero-order valence-electron chi connectivity index (χ0n) is 15.1. The number of hydrogen-bond acceptors (Lipinski definition) is 6. The monoisotopic (exact) mass is 365 g/mol. The standard InChI is InChI=1S/C19H19N5O3/c1-13-11-23-16(10-14(22-23)12-27-15-6-4-3-5-7-15)19(25)24(13)17-18(26-2)21-9-8-20-17/h3-10,13H,11-12H2,1-2H3/t13-/m1/s1. The summed E-state index contributed by atoms with van der Waals surface area (Å²) in [6.45, 7) is 2.78. The van der Waals surface area contributed by atoms with Crippen molar-refractivity contribution in [1.82, 2.24) is 19.7 Å². The molecule has 1 amide bonds. The van der Waals surface area contributed by atoms with Gasteiger partial charge in [0, 0.05) is 12.4 Å². The highest BCUT2D eigenvalue weighted by Gasteiger charge is 2.35. The molecular formula is C19H19N5O3. The van der Waals surface area contributed by atoms with Crippen molar-refractivity contribution < 1.29 is 14.3 Å². The second-order valence-corrected chi connectivity index (χ2v) is 6.22. The van der Waals surface area contributed by atoms with Crippen molar-refractivity contribution in [2.75, 3.05) is 12.0 Å². The molecule has 0 spiro atoms. The van der Waals surface area contributed by atoms with E-state index in [1.807, 2.05) is 37.3 Å². The number of anilines is 1. The Morgan fingerprint density at radius 1 is 1.19 bits per heavy atom. The Labute approximate surface area is 156 Å². The minimum absolute atomic E-state index is 0.140. The number of para-hydroxylation sites is 1. The van der Waals surface area contributed by atoms with Crippen LogP contribution in [0.4, 0.5) is 5.82 Å². The summed E-state index contributed by atoms with van der Waals surface area (Å²) in [5.41, 5.74) is 1.19. The quantitative estimate of drug-likeness (QED) is 0.690. The number of carbonyl (C=O) groups is 1. The van der Waals surface area contributed by atoms with Gasteiger partial charge in [0.15, 0.2) is 5.82 Å². The van der Waals surface area contributed by atoms with Crippen molar-refractivity contribution in [2.24, 2.45) is 0 Å². The molecule has 1 aromatic carbocycles. The smallest absolute Gasteiger partial charge is 0.278 e. The zero-order chi connectivity index (χ0) is 18.8. The number of nitrogens with zero attached hydrogens (tertiary/aromatic N) is 5. The maximum Gasteiger partial charge on any atom is 0.278 e. The molecule has 0 saturated heterocycles. The van der Waals surface area contributed by atoms with Crippen LogP contribution in [0, 0.1) is 0 Å². The Kier molecular flexibility index (Phi) is 4.45. The number of amides is 1. The lowest BCUT2D eigenvalue weighted by molar-refractivity contribution is 0.0944. The fourth-order valence-corrected chi connectivity index (χ4v) is 3.11. The Bertz CT molecular complexity index is 957. The average Bonchev–Trinajstić information content (AvgIpc) is 3.11. The predicted molar refractivity (Wildman–Crippen MR) is 97.9 cm³/mol. The van der Waals surface area contributed by atoms with E-state index in [2.05, 4.69) is 15.1 Å². The van der Waals surface area contributed by atoms with Gasteiger partial charge in [-0.15, -0.1) is 0 Å². The Balaban J connectivity index is 1.59. The molecule has 8 nitrogen and oxygen atoms in total. The molecule has 1 aliphatic heterocycles. The van der Waals surface area contributed by atoms with Gasteiger partial charge in [-0.2, -0.15) is 5.10 Å². The molecule has 3 heterocycles. The van der Waals surface area contributed by atoms with E-state index in [1.165, 1.54) is 13.3 Å². The highest BCUT2D eigenvalue weighted by Crippen LogP contribution is 2.29. The fraction of sp³-hybridized carbons (Fsp3) is 0.263. The fourth-order valence-electron chi connectivity index (χ4n) is 3.11. The van der Waals surface area contributed by atoms with Crippen LogP contribution >= 0.6 is 0 Å². The van der Waals surface area contributed by atoms with Crippen molar-refractivity contribution in [2.45, 2.75) is 26.1 Å². The molecular weight excluding hydrogens is 346 g/mol. The highest BCUT2D eigenvalue weighted by atomic mass is 16.5. The summed E-state index contributed by atoms with van der Waals surface area (Å²) >= 11 is 0. The van der Waals surface area contributed by atoms with Gasteiger partial charge in [0.2, 0.25) is 0 Å². The first-order valence-electron chi connectivity index (χ1n) is 8.60. The summed E-state index contributed by atoms with van der Waals surface area (Å²) in [7, 11) is 1.51.